The molecule has 1 amide bonds. The average molecular weight is 288 g/mol. The number of amides is 1. The monoisotopic (exact) mass is 288 g/mol. The highest BCUT2D eigenvalue weighted by molar-refractivity contribution is 7.10. The van der Waals surface area contributed by atoms with Crippen molar-refractivity contribution in [2.45, 2.75) is 26.4 Å². The fourth-order valence-corrected chi connectivity index (χ4v) is 2.92. The lowest BCUT2D eigenvalue weighted by Crippen LogP contribution is -2.21. The van der Waals surface area contributed by atoms with Crippen LogP contribution < -0.4 is 5.32 Å². The van der Waals surface area contributed by atoms with Crippen LogP contribution in [0.3, 0.4) is 0 Å². The molecule has 0 fully saturated rings. The van der Waals surface area contributed by atoms with Gasteiger partial charge >= 0.3 is 0 Å². The second-order valence-electron chi connectivity index (χ2n) is 4.98. The summed E-state index contributed by atoms with van der Waals surface area (Å²) in [6.07, 6.45) is 0. The molecule has 1 N–H and O–H groups in total. The van der Waals surface area contributed by atoms with Crippen LogP contribution in [0.1, 0.15) is 30.3 Å². The van der Waals surface area contributed by atoms with Crippen molar-refractivity contribution in [2.24, 2.45) is 0 Å². The van der Waals surface area contributed by atoms with Crippen LogP contribution in [0.5, 0.6) is 0 Å². The summed E-state index contributed by atoms with van der Waals surface area (Å²) in [6.45, 7) is 4.63. The first-order chi connectivity index (χ1) is 9.56. The standard InChI is InChI=1S/C16H20N2OS/c1-12(16-5-4-10-20-16)18(3)11-14-6-8-15(9-7-14)17-13(2)19/h4-10,12H,11H2,1-3H3,(H,17,19). The summed E-state index contributed by atoms with van der Waals surface area (Å²) in [5, 5.41) is 4.89. The van der Waals surface area contributed by atoms with E-state index in [2.05, 4.69) is 53.8 Å². The molecule has 1 heterocycles. The van der Waals surface area contributed by atoms with Gasteiger partial charge in [-0.2, -0.15) is 0 Å². The van der Waals surface area contributed by atoms with E-state index in [0.29, 0.717) is 6.04 Å². The number of benzene rings is 1. The third kappa shape index (κ3) is 3.92. The van der Waals surface area contributed by atoms with Gasteiger partial charge in [0, 0.05) is 30.1 Å². The number of carbonyl (C=O) groups excluding carboxylic acids is 1. The fourth-order valence-electron chi connectivity index (χ4n) is 2.07. The number of anilines is 1. The van der Waals surface area contributed by atoms with Crippen molar-refractivity contribution in [3.05, 3.63) is 52.2 Å². The van der Waals surface area contributed by atoms with E-state index in [0.717, 1.165) is 12.2 Å². The molecule has 0 radical (unpaired) electrons. The first-order valence-corrected chi connectivity index (χ1v) is 7.54. The molecule has 3 nitrogen and oxygen atoms in total. The predicted octanol–water partition coefficient (Wildman–Crippen LogP) is 3.90. The highest BCUT2D eigenvalue weighted by Gasteiger charge is 2.12. The maximum Gasteiger partial charge on any atom is 0.221 e. The molecule has 1 atom stereocenters. The van der Waals surface area contributed by atoms with Crippen LogP contribution in [0, 0.1) is 0 Å². The first kappa shape index (κ1) is 14.8. The highest BCUT2D eigenvalue weighted by atomic mass is 32.1. The summed E-state index contributed by atoms with van der Waals surface area (Å²) < 4.78 is 0. The summed E-state index contributed by atoms with van der Waals surface area (Å²) >= 11 is 1.79. The molecule has 0 aliphatic heterocycles. The minimum atomic E-state index is -0.0406. The summed E-state index contributed by atoms with van der Waals surface area (Å²) in [5.41, 5.74) is 2.08. The molecule has 1 aromatic carbocycles. The third-order valence-electron chi connectivity index (χ3n) is 3.32. The van der Waals surface area contributed by atoms with Crippen molar-refractivity contribution in [2.75, 3.05) is 12.4 Å². The van der Waals surface area contributed by atoms with Crippen LogP contribution in [-0.2, 0) is 11.3 Å². The number of rotatable bonds is 5. The molecular weight excluding hydrogens is 268 g/mol. The van der Waals surface area contributed by atoms with Gasteiger partial charge in [-0.05, 0) is 43.1 Å². The number of hydrogen-bond acceptors (Lipinski definition) is 3. The smallest absolute Gasteiger partial charge is 0.221 e. The normalized spacial score (nSPS) is 12.4. The summed E-state index contributed by atoms with van der Waals surface area (Å²) in [5.74, 6) is -0.0406. The molecule has 106 valence electrons. The van der Waals surface area contributed by atoms with Gasteiger partial charge < -0.3 is 5.32 Å². The molecule has 0 bridgehead atoms. The largest absolute Gasteiger partial charge is 0.326 e. The molecule has 2 aromatic rings. The average Bonchev–Trinajstić information content (AvgIpc) is 2.93. The molecule has 0 aliphatic rings. The number of nitrogens with zero attached hydrogens (tertiary/aromatic N) is 1. The van der Waals surface area contributed by atoms with E-state index in [1.165, 1.54) is 17.4 Å². The van der Waals surface area contributed by atoms with Gasteiger partial charge in [-0.1, -0.05) is 18.2 Å². The zero-order chi connectivity index (χ0) is 14.5. The molecule has 0 aliphatic carbocycles. The van der Waals surface area contributed by atoms with Crippen molar-refractivity contribution in [1.82, 2.24) is 4.90 Å². The Balaban J connectivity index is 1.97. The molecule has 20 heavy (non-hydrogen) atoms. The van der Waals surface area contributed by atoms with Gasteiger partial charge in [-0.3, -0.25) is 9.69 Å². The van der Waals surface area contributed by atoms with Crippen molar-refractivity contribution >= 4 is 22.9 Å². The minimum Gasteiger partial charge on any atom is -0.326 e. The number of nitrogens with one attached hydrogen (secondary N) is 1. The Hall–Kier alpha value is -1.65. The summed E-state index contributed by atoms with van der Waals surface area (Å²) in [7, 11) is 2.13. The quantitative estimate of drug-likeness (QED) is 0.905. The van der Waals surface area contributed by atoms with Gasteiger partial charge in [0.1, 0.15) is 0 Å². The van der Waals surface area contributed by atoms with Crippen LogP contribution in [0.15, 0.2) is 41.8 Å². The molecule has 0 saturated heterocycles. The Morgan fingerprint density at radius 3 is 2.55 bits per heavy atom. The van der Waals surface area contributed by atoms with Crippen LogP contribution >= 0.6 is 11.3 Å². The van der Waals surface area contributed by atoms with Gasteiger partial charge in [0.15, 0.2) is 0 Å². The molecule has 1 unspecified atom stereocenters. The van der Waals surface area contributed by atoms with Gasteiger partial charge in [-0.25, -0.2) is 0 Å². The Bertz CT molecular complexity index is 548. The topological polar surface area (TPSA) is 32.3 Å². The molecule has 4 heteroatoms. The maximum atomic E-state index is 11.0. The molecule has 2 rings (SSSR count). The molecule has 0 saturated carbocycles. The van der Waals surface area contributed by atoms with E-state index < -0.39 is 0 Å². The Kier molecular flexibility index (Phi) is 4.93. The van der Waals surface area contributed by atoms with E-state index in [1.54, 1.807) is 11.3 Å². The summed E-state index contributed by atoms with van der Waals surface area (Å²) in [6, 6.07) is 12.7. The van der Waals surface area contributed by atoms with E-state index in [4.69, 9.17) is 0 Å². The second-order valence-corrected chi connectivity index (χ2v) is 5.96. The van der Waals surface area contributed by atoms with Gasteiger partial charge in [0.05, 0.1) is 0 Å². The van der Waals surface area contributed by atoms with E-state index in [9.17, 15) is 4.79 Å². The van der Waals surface area contributed by atoms with Crippen LogP contribution in [0.25, 0.3) is 0 Å². The molecule has 0 spiro atoms. The van der Waals surface area contributed by atoms with E-state index in [1.807, 2.05) is 12.1 Å². The zero-order valence-corrected chi connectivity index (χ0v) is 12.9. The van der Waals surface area contributed by atoms with Gasteiger partial charge in [0.2, 0.25) is 5.91 Å². The zero-order valence-electron chi connectivity index (χ0n) is 12.1. The third-order valence-corrected chi connectivity index (χ3v) is 4.36. The highest BCUT2D eigenvalue weighted by Crippen LogP contribution is 2.24. The molecule has 1 aromatic heterocycles. The Morgan fingerprint density at radius 2 is 2.00 bits per heavy atom. The Morgan fingerprint density at radius 1 is 1.30 bits per heavy atom. The maximum absolute atomic E-state index is 11.0. The SMILES string of the molecule is CC(=O)Nc1ccc(CN(C)C(C)c2cccs2)cc1. The van der Waals surface area contributed by atoms with Crippen LogP contribution in [0.4, 0.5) is 5.69 Å². The van der Waals surface area contributed by atoms with E-state index in [-0.39, 0.29) is 5.91 Å². The summed E-state index contributed by atoms with van der Waals surface area (Å²) in [4.78, 5) is 14.7. The van der Waals surface area contributed by atoms with Crippen molar-refractivity contribution in [3.63, 3.8) is 0 Å². The lowest BCUT2D eigenvalue weighted by Gasteiger charge is -2.23. The lowest BCUT2D eigenvalue weighted by atomic mass is 10.1. The fraction of sp³-hybridized carbons (Fsp3) is 0.312. The van der Waals surface area contributed by atoms with Gasteiger partial charge in [0.25, 0.3) is 0 Å². The van der Waals surface area contributed by atoms with Crippen molar-refractivity contribution in [3.8, 4) is 0 Å². The first-order valence-electron chi connectivity index (χ1n) is 6.66. The molecular formula is C16H20N2OS. The van der Waals surface area contributed by atoms with E-state index >= 15 is 0 Å². The second kappa shape index (κ2) is 6.68. The number of thiophene rings is 1. The number of hydrogen-bond donors (Lipinski definition) is 1. The lowest BCUT2D eigenvalue weighted by molar-refractivity contribution is -0.114. The van der Waals surface area contributed by atoms with Crippen LogP contribution in [-0.4, -0.2) is 17.9 Å². The minimum absolute atomic E-state index is 0.0406. The van der Waals surface area contributed by atoms with Crippen molar-refractivity contribution in [1.29, 1.82) is 0 Å². The van der Waals surface area contributed by atoms with Crippen LogP contribution in [0.2, 0.25) is 0 Å². The van der Waals surface area contributed by atoms with Gasteiger partial charge in [-0.15, -0.1) is 11.3 Å². The predicted molar refractivity (Wildman–Crippen MR) is 84.9 cm³/mol. The number of carbonyl (C=O) groups is 1. The van der Waals surface area contributed by atoms with Crippen molar-refractivity contribution < 1.29 is 4.79 Å². The Labute approximate surface area is 124 Å².